The second-order valence-electron chi connectivity index (χ2n) is 6.59. The summed E-state index contributed by atoms with van der Waals surface area (Å²) in [5.74, 6) is -0.948. The molecular weight excluding hydrogens is 392 g/mol. The van der Waals surface area contributed by atoms with Crippen molar-refractivity contribution in [1.29, 1.82) is 0 Å². The molecule has 1 aromatic heterocycles. The molecule has 3 rings (SSSR count). The maximum Gasteiger partial charge on any atom is 0.416 e. The van der Waals surface area contributed by atoms with Crippen molar-refractivity contribution in [3.63, 3.8) is 0 Å². The first kappa shape index (κ1) is 20.3. The van der Waals surface area contributed by atoms with E-state index in [0.29, 0.717) is 0 Å². The molecule has 0 radical (unpaired) electrons. The lowest BCUT2D eigenvalue weighted by Crippen LogP contribution is -2.42. The van der Waals surface area contributed by atoms with E-state index < -0.39 is 29.1 Å². The molecule has 2 aromatic carbocycles. The van der Waals surface area contributed by atoms with Crippen molar-refractivity contribution in [2.45, 2.75) is 25.6 Å². The summed E-state index contributed by atoms with van der Waals surface area (Å²) in [7, 11) is 0. The summed E-state index contributed by atoms with van der Waals surface area (Å²) in [5.41, 5.74) is -2.33. The molecule has 0 spiro atoms. The fourth-order valence-electron chi connectivity index (χ4n) is 2.46. The van der Waals surface area contributed by atoms with E-state index in [1.807, 2.05) is 0 Å². The number of carbonyl (C=O) groups is 1. The predicted octanol–water partition coefficient (Wildman–Crippen LogP) is 4.22. The predicted molar refractivity (Wildman–Crippen MR) is 96.1 cm³/mol. The molecule has 0 saturated heterocycles. The third kappa shape index (κ3) is 4.71. The number of amides is 1. The third-order valence-electron chi connectivity index (χ3n) is 3.97. The van der Waals surface area contributed by atoms with Crippen LogP contribution in [0.2, 0.25) is 0 Å². The summed E-state index contributed by atoms with van der Waals surface area (Å²) in [6.45, 7) is 2.88. The molecule has 152 valence electrons. The van der Waals surface area contributed by atoms with Crippen LogP contribution in [0.15, 0.2) is 55.1 Å². The monoisotopic (exact) mass is 408 g/mol. The van der Waals surface area contributed by atoms with Crippen LogP contribution in [0, 0.1) is 5.82 Å². The second-order valence-corrected chi connectivity index (χ2v) is 6.59. The van der Waals surface area contributed by atoms with Crippen molar-refractivity contribution in [1.82, 2.24) is 14.8 Å². The first-order valence-electron chi connectivity index (χ1n) is 8.38. The number of nitrogens with zero attached hydrogens (tertiary/aromatic N) is 3. The molecule has 0 fully saturated rings. The van der Waals surface area contributed by atoms with Crippen LogP contribution in [0.3, 0.4) is 0 Å². The molecule has 0 aliphatic rings. The fraction of sp³-hybridized carbons (Fsp3) is 0.211. The van der Waals surface area contributed by atoms with Gasteiger partial charge >= 0.3 is 6.18 Å². The van der Waals surface area contributed by atoms with Crippen molar-refractivity contribution in [3.05, 3.63) is 66.5 Å². The molecule has 0 aliphatic heterocycles. The molecular formula is C19H16F4N4O2. The normalized spacial score (nSPS) is 11.9. The fourth-order valence-corrected chi connectivity index (χ4v) is 2.46. The van der Waals surface area contributed by atoms with Crippen molar-refractivity contribution in [2.75, 3.05) is 5.32 Å². The second kappa shape index (κ2) is 7.53. The number of ether oxygens (including phenoxy) is 1. The van der Waals surface area contributed by atoms with E-state index in [1.54, 1.807) is 0 Å². The number of carbonyl (C=O) groups excluding carboxylic acids is 1. The molecule has 6 nitrogen and oxygen atoms in total. The minimum absolute atomic E-state index is 0.119. The highest BCUT2D eigenvalue weighted by molar-refractivity contribution is 5.98. The smallest absolute Gasteiger partial charge is 0.416 e. The maximum absolute atomic E-state index is 13.1. The van der Waals surface area contributed by atoms with Crippen LogP contribution in [0.25, 0.3) is 5.69 Å². The van der Waals surface area contributed by atoms with Crippen molar-refractivity contribution >= 4 is 11.6 Å². The topological polar surface area (TPSA) is 69.0 Å². The van der Waals surface area contributed by atoms with Gasteiger partial charge in [-0.3, -0.25) is 4.79 Å². The maximum atomic E-state index is 13.1. The lowest BCUT2D eigenvalue weighted by Gasteiger charge is -2.26. The van der Waals surface area contributed by atoms with Crippen LogP contribution < -0.4 is 10.1 Å². The van der Waals surface area contributed by atoms with E-state index in [2.05, 4.69) is 15.4 Å². The number of halogens is 4. The zero-order valence-corrected chi connectivity index (χ0v) is 15.4. The van der Waals surface area contributed by atoms with Crippen molar-refractivity contribution < 1.29 is 27.1 Å². The number of anilines is 1. The molecule has 0 aliphatic carbocycles. The van der Waals surface area contributed by atoms with Gasteiger partial charge in [0, 0.05) is 0 Å². The SMILES string of the molecule is CC(C)(Oc1ccc(F)cc1)C(=O)Nc1cc(C(F)(F)F)ccc1-n1cncn1. The van der Waals surface area contributed by atoms with Crippen LogP contribution >= 0.6 is 0 Å². The molecule has 10 heteroatoms. The lowest BCUT2D eigenvalue weighted by molar-refractivity contribution is -0.137. The van der Waals surface area contributed by atoms with Gasteiger partial charge in [-0.2, -0.15) is 18.3 Å². The quantitative estimate of drug-likeness (QED) is 0.642. The minimum Gasteiger partial charge on any atom is -0.478 e. The summed E-state index contributed by atoms with van der Waals surface area (Å²) < 4.78 is 59.2. The van der Waals surface area contributed by atoms with E-state index >= 15 is 0 Å². The summed E-state index contributed by atoms with van der Waals surface area (Å²) in [4.78, 5) is 16.5. The highest BCUT2D eigenvalue weighted by Gasteiger charge is 2.34. The van der Waals surface area contributed by atoms with Gasteiger partial charge in [-0.15, -0.1) is 0 Å². The Labute approximate surface area is 163 Å². The number of rotatable bonds is 5. The van der Waals surface area contributed by atoms with Gasteiger partial charge < -0.3 is 10.1 Å². The molecule has 0 atom stereocenters. The van der Waals surface area contributed by atoms with Crippen LogP contribution in [0.5, 0.6) is 5.75 Å². The molecule has 0 saturated carbocycles. The summed E-state index contributed by atoms with van der Waals surface area (Å²) in [5, 5.41) is 6.35. The first-order valence-corrected chi connectivity index (χ1v) is 8.38. The van der Waals surface area contributed by atoms with Crippen LogP contribution in [0.1, 0.15) is 19.4 Å². The molecule has 1 heterocycles. The lowest BCUT2D eigenvalue weighted by atomic mass is 10.1. The van der Waals surface area contributed by atoms with E-state index in [9.17, 15) is 22.4 Å². The standard InChI is InChI=1S/C19H16F4N4O2/c1-18(2,29-14-6-4-13(20)5-7-14)17(28)26-15-9-12(19(21,22)23)3-8-16(15)27-11-24-10-25-27/h3-11H,1-2H3,(H,26,28). The number of alkyl halides is 3. The largest absolute Gasteiger partial charge is 0.478 e. The number of hydrogen-bond acceptors (Lipinski definition) is 4. The number of nitrogens with one attached hydrogen (secondary N) is 1. The summed E-state index contributed by atoms with van der Waals surface area (Å²) in [6, 6.07) is 7.89. The van der Waals surface area contributed by atoms with Crippen LogP contribution in [0.4, 0.5) is 23.2 Å². The highest BCUT2D eigenvalue weighted by atomic mass is 19.4. The molecule has 1 N–H and O–H groups in total. The Bertz CT molecular complexity index is 1000. The Morgan fingerprint density at radius 1 is 1.10 bits per heavy atom. The van der Waals surface area contributed by atoms with Crippen LogP contribution in [-0.2, 0) is 11.0 Å². The summed E-state index contributed by atoms with van der Waals surface area (Å²) in [6.07, 6.45) is -2.09. The zero-order chi connectivity index (χ0) is 21.2. The van der Waals surface area contributed by atoms with Crippen LogP contribution in [-0.4, -0.2) is 26.3 Å². The average molecular weight is 408 g/mol. The van der Waals surface area contributed by atoms with Gasteiger partial charge in [0.05, 0.1) is 16.9 Å². The van der Waals surface area contributed by atoms with Gasteiger partial charge in [-0.1, -0.05) is 0 Å². The van der Waals surface area contributed by atoms with E-state index in [-0.39, 0.29) is 17.1 Å². The van der Waals surface area contributed by atoms with E-state index in [1.165, 1.54) is 61.5 Å². The Morgan fingerprint density at radius 2 is 1.79 bits per heavy atom. The zero-order valence-electron chi connectivity index (χ0n) is 15.4. The number of benzene rings is 2. The summed E-state index contributed by atoms with van der Waals surface area (Å²) >= 11 is 0. The molecule has 29 heavy (non-hydrogen) atoms. The molecule has 0 unspecified atom stereocenters. The molecule has 3 aromatic rings. The van der Waals surface area contributed by atoms with Gasteiger partial charge in [0.25, 0.3) is 5.91 Å². The Balaban J connectivity index is 1.90. The number of aromatic nitrogens is 3. The number of hydrogen-bond donors (Lipinski definition) is 1. The van der Waals surface area contributed by atoms with Crippen molar-refractivity contribution in [3.8, 4) is 11.4 Å². The first-order chi connectivity index (χ1) is 13.6. The molecule has 1 amide bonds. The Kier molecular flexibility index (Phi) is 5.27. The Hall–Kier alpha value is -3.43. The van der Waals surface area contributed by atoms with Crippen molar-refractivity contribution in [2.24, 2.45) is 0 Å². The van der Waals surface area contributed by atoms with E-state index in [4.69, 9.17) is 4.74 Å². The Morgan fingerprint density at radius 3 is 2.38 bits per heavy atom. The van der Waals surface area contributed by atoms with Gasteiger partial charge in [-0.25, -0.2) is 14.1 Å². The third-order valence-corrected chi connectivity index (χ3v) is 3.97. The minimum atomic E-state index is -4.60. The van der Waals surface area contributed by atoms with Gasteiger partial charge in [0.2, 0.25) is 0 Å². The van der Waals surface area contributed by atoms with Gasteiger partial charge in [-0.05, 0) is 56.3 Å². The van der Waals surface area contributed by atoms with Gasteiger partial charge in [0.15, 0.2) is 5.60 Å². The van der Waals surface area contributed by atoms with E-state index in [0.717, 1.165) is 12.1 Å². The highest BCUT2D eigenvalue weighted by Crippen LogP contribution is 2.33. The average Bonchev–Trinajstić information content (AvgIpc) is 3.17. The van der Waals surface area contributed by atoms with Gasteiger partial charge in [0.1, 0.15) is 24.2 Å². The molecule has 0 bridgehead atoms.